The van der Waals surface area contributed by atoms with Crippen molar-refractivity contribution in [3.05, 3.63) is 12.8 Å². The predicted molar refractivity (Wildman–Crippen MR) is 79.8 cm³/mol. The SMILES string of the molecule is C=CO[Si](CC(CC)CCCC)(OC)C1CCC1. The van der Waals surface area contributed by atoms with Crippen LogP contribution >= 0.6 is 0 Å². The Labute approximate surface area is 114 Å². The van der Waals surface area contributed by atoms with Crippen LogP contribution in [-0.4, -0.2) is 15.7 Å². The zero-order valence-electron chi connectivity index (χ0n) is 12.4. The van der Waals surface area contributed by atoms with Gasteiger partial charge in [0.1, 0.15) is 0 Å². The Morgan fingerprint density at radius 2 is 2.11 bits per heavy atom. The second kappa shape index (κ2) is 8.00. The van der Waals surface area contributed by atoms with Gasteiger partial charge in [0.2, 0.25) is 0 Å². The first-order valence-electron chi connectivity index (χ1n) is 7.56. The van der Waals surface area contributed by atoms with Gasteiger partial charge < -0.3 is 8.85 Å². The monoisotopic (exact) mass is 270 g/mol. The maximum Gasteiger partial charge on any atom is 0.401 e. The Kier molecular flexibility index (Phi) is 7.01. The molecular formula is C15H30O2Si. The van der Waals surface area contributed by atoms with Crippen molar-refractivity contribution in [2.45, 2.75) is 70.4 Å². The molecule has 1 rings (SSSR count). The summed E-state index contributed by atoms with van der Waals surface area (Å²) in [5.74, 6) is 0.761. The smallest absolute Gasteiger partial charge is 0.401 e. The van der Waals surface area contributed by atoms with E-state index >= 15 is 0 Å². The van der Waals surface area contributed by atoms with Crippen LogP contribution in [0.2, 0.25) is 11.6 Å². The van der Waals surface area contributed by atoms with Crippen LogP contribution in [0, 0.1) is 5.92 Å². The Morgan fingerprint density at radius 1 is 1.39 bits per heavy atom. The van der Waals surface area contributed by atoms with E-state index in [1.165, 1.54) is 44.9 Å². The minimum atomic E-state index is -2.04. The van der Waals surface area contributed by atoms with Gasteiger partial charge in [0.05, 0.1) is 6.26 Å². The highest BCUT2D eigenvalue weighted by Crippen LogP contribution is 2.46. The van der Waals surface area contributed by atoms with Gasteiger partial charge in [-0.05, 0) is 18.8 Å². The molecule has 0 aromatic carbocycles. The van der Waals surface area contributed by atoms with Crippen LogP contribution in [0.25, 0.3) is 0 Å². The fourth-order valence-corrected chi connectivity index (χ4v) is 7.03. The molecule has 18 heavy (non-hydrogen) atoms. The average Bonchev–Trinajstić information content (AvgIpc) is 2.32. The molecule has 2 atom stereocenters. The molecule has 0 aromatic rings. The highest BCUT2D eigenvalue weighted by atomic mass is 28.4. The quantitative estimate of drug-likeness (QED) is 0.410. The molecule has 0 spiro atoms. The lowest BCUT2D eigenvalue weighted by Gasteiger charge is -2.41. The summed E-state index contributed by atoms with van der Waals surface area (Å²) in [6.45, 7) is 8.32. The summed E-state index contributed by atoms with van der Waals surface area (Å²) in [4.78, 5) is 0. The van der Waals surface area contributed by atoms with Gasteiger partial charge in [0, 0.05) is 18.7 Å². The van der Waals surface area contributed by atoms with E-state index in [1.54, 1.807) is 6.26 Å². The third-order valence-electron chi connectivity index (χ3n) is 4.47. The Bertz CT molecular complexity index is 241. The van der Waals surface area contributed by atoms with E-state index in [0.29, 0.717) is 5.54 Å². The van der Waals surface area contributed by atoms with Gasteiger partial charge in [-0.25, -0.2) is 0 Å². The van der Waals surface area contributed by atoms with Crippen molar-refractivity contribution in [2.75, 3.05) is 7.11 Å². The molecule has 0 heterocycles. The summed E-state index contributed by atoms with van der Waals surface area (Å²) in [5, 5.41) is 0. The third kappa shape index (κ3) is 3.85. The molecular weight excluding hydrogens is 240 g/mol. The zero-order valence-corrected chi connectivity index (χ0v) is 13.4. The molecule has 1 saturated carbocycles. The van der Waals surface area contributed by atoms with Crippen molar-refractivity contribution in [3.63, 3.8) is 0 Å². The minimum Gasteiger partial charge on any atom is -0.527 e. The van der Waals surface area contributed by atoms with Crippen LogP contribution in [0.1, 0.15) is 58.8 Å². The fourth-order valence-electron chi connectivity index (χ4n) is 2.94. The average molecular weight is 270 g/mol. The molecule has 0 aliphatic heterocycles. The molecule has 2 nitrogen and oxygen atoms in total. The summed E-state index contributed by atoms with van der Waals surface area (Å²) < 4.78 is 11.9. The van der Waals surface area contributed by atoms with Gasteiger partial charge in [-0.15, -0.1) is 0 Å². The van der Waals surface area contributed by atoms with E-state index in [2.05, 4.69) is 20.4 Å². The summed E-state index contributed by atoms with van der Waals surface area (Å²) in [7, 11) is -0.190. The summed E-state index contributed by atoms with van der Waals surface area (Å²) in [6.07, 6.45) is 10.7. The molecule has 0 N–H and O–H groups in total. The molecule has 106 valence electrons. The third-order valence-corrected chi connectivity index (χ3v) is 8.70. The van der Waals surface area contributed by atoms with E-state index in [4.69, 9.17) is 8.85 Å². The predicted octanol–water partition coefficient (Wildman–Crippen LogP) is 5.01. The van der Waals surface area contributed by atoms with Gasteiger partial charge in [-0.3, -0.25) is 0 Å². The van der Waals surface area contributed by atoms with Crippen LogP contribution in [0.4, 0.5) is 0 Å². The zero-order chi connectivity index (χ0) is 13.4. The normalized spacial score (nSPS) is 20.8. The standard InChI is InChI=1S/C15H30O2Si/c1-5-8-10-14(6-2)13-18(16-4,17-7-3)15-11-9-12-15/h7,14-15H,3,5-6,8-13H2,1-2,4H3. The van der Waals surface area contributed by atoms with Crippen LogP contribution in [0.5, 0.6) is 0 Å². The first-order chi connectivity index (χ1) is 8.72. The Morgan fingerprint density at radius 3 is 2.50 bits per heavy atom. The molecule has 3 heteroatoms. The Balaban J connectivity index is 2.65. The van der Waals surface area contributed by atoms with Gasteiger partial charge in [-0.1, -0.05) is 52.5 Å². The van der Waals surface area contributed by atoms with Crippen LogP contribution in [-0.2, 0) is 8.85 Å². The summed E-state index contributed by atoms with van der Waals surface area (Å²) in [6, 6.07) is 1.15. The first-order valence-corrected chi connectivity index (χ1v) is 9.66. The molecule has 1 aliphatic carbocycles. The molecule has 0 aromatic heterocycles. The van der Waals surface area contributed by atoms with Crippen molar-refractivity contribution < 1.29 is 8.85 Å². The van der Waals surface area contributed by atoms with E-state index in [1.807, 2.05) is 7.11 Å². The van der Waals surface area contributed by atoms with Crippen LogP contribution in [0.15, 0.2) is 12.8 Å². The van der Waals surface area contributed by atoms with Crippen molar-refractivity contribution >= 4 is 8.56 Å². The van der Waals surface area contributed by atoms with Crippen LogP contribution in [0.3, 0.4) is 0 Å². The van der Waals surface area contributed by atoms with Gasteiger partial charge in [-0.2, -0.15) is 0 Å². The molecule has 2 unspecified atom stereocenters. The van der Waals surface area contributed by atoms with E-state index in [-0.39, 0.29) is 0 Å². The number of rotatable bonds is 10. The van der Waals surface area contributed by atoms with Crippen LogP contribution < -0.4 is 0 Å². The largest absolute Gasteiger partial charge is 0.527 e. The van der Waals surface area contributed by atoms with Gasteiger partial charge in [0.15, 0.2) is 0 Å². The van der Waals surface area contributed by atoms with E-state index < -0.39 is 8.56 Å². The first kappa shape index (κ1) is 15.8. The van der Waals surface area contributed by atoms with Crippen molar-refractivity contribution in [1.29, 1.82) is 0 Å². The summed E-state index contributed by atoms with van der Waals surface area (Å²) >= 11 is 0. The van der Waals surface area contributed by atoms with Gasteiger partial charge in [0.25, 0.3) is 0 Å². The molecule has 1 aliphatic rings. The maximum absolute atomic E-state index is 5.98. The lowest BCUT2D eigenvalue weighted by molar-refractivity contribution is 0.220. The molecule has 0 saturated heterocycles. The second-order valence-corrected chi connectivity index (χ2v) is 9.04. The number of hydrogen-bond acceptors (Lipinski definition) is 2. The molecule has 1 fully saturated rings. The van der Waals surface area contributed by atoms with Gasteiger partial charge >= 0.3 is 8.56 Å². The lowest BCUT2D eigenvalue weighted by Crippen LogP contribution is -2.48. The van der Waals surface area contributed by atoms with Crippen molar-refractivity contribution in [3.8, 4) is 0 Å². The molecule has 0 amide bonds. The summed E-state index contributed by atoms with van der Waals surface area (Å²) in [5.41, 5.74) is 0.691. The highest BCUT2D eigenvalue weighted by Gasteiger charge is 2.50. The van der Waals surface area contributed by atoms with Crippen molar-refractivity contribution in [2.24, 2.45) is 5.92 Å². The molecule has 0 radical (unpaired) electrons. The number of hydrogen-bond donors (Lipinski definition) is 0. The fraction of sp³-hybridized carbons (Fsp3) is 0.867. The lowest BCUT2D eigenvalue weighted by atomic mass is 9.99. The van der Waals surface area contributed by atoms with E-state index in [0.717, 1.165) is 12.0 Å². The topological polar surface area (TPSA) is 18.5 Å². The minimum absolute atomic E-state index is 0.691. The number of unbranched alkanes of at least 4 members (excludes halogenated alkanes) is 1. The maximum atomic E-state index is 5.98. The second-order valence-electron chi connectivity index (χ2n) is 5.55. The Hall–Kier alpha value is -0.283. The van der Waals surface area contributed by atoms with E-state index in [9.17, 15) is 0 Å². The molecule has 0 bridgehead atoms. The highest BCUT2D eigenvalue weighted by molar-refractivity contribution is 6.69. The van der Waals surface area contributed by atoms with Crippen molar-refractivity contribution in [1.82, 2.24) is 0 Å².